The maximum absolute atomic E-state index is 12.3. The minimum absolute atomic E-state index is 0.0335. The summed E-state index contributed by atoms with van der Waals surface area (Å²) in [4.78, 5) is 0. The van der Waals surface area contributed by atoms with E-state index in [0.717, 1.165) is 0 Å². The first kappa shape index (κ1) is 12.3. The van der Waals surface area contributed by atoms with Crippen molar-refractivity contribution in [3.05, 3.63) is 33.5 Å². The Labute approximate surface area is 100 Å². The van der Waals surface area contributed by atoms with Crippen LogP contribution in [0.5, 0.6) is 11.5 Å². The predicted molar refractivity (Wildman–Crippen MR) is 61.5 cm³/mol. The molecule has 15 heavy (non-hydrogen) atoms. The second-order valence-corrected chi connectivity index (χ2v) is 4.04. The van der Waals surface area contributed by atoms with Gasteiger partial charge in [0.2, 0.25) is 0 Å². The number of phenols is 1. The number of benzene rings is 1. The van der Waals surface area contributed by atoms with Crippen molar-refractivity contribution in [3.63, 3.8) is 0 Å². The quantitative estimate of drug-likeness (QED) is 0.915. The molecule has 1 rings (SSSR count). The molecule has 0 atom stereocenters. The van der Waals surface area contributed by atoms with Crippen molar-refractivity contribution in [1.82, 2.24) is 0 Å². The van der Waals surface area contributed by atoms with E-state index >= 15 is 0 Å². The summed E-state index contributed by atoms with van der Waals surface area (Å²) in [6.45, 7) is 1.80. The smallest absolute Gasteiger partial charge is 0.165 e. The monoisotopic (exact) mass is 294 g/mol. The van der Waals surface area contributed by atoms with Gasteiger partial charge >= 0.3 is 0 Å². The molecule has 0 aliphatic rings. The van der Waals surface area contributed by atoms with E-state index in [9.17, 15) is 9.50 Å². The van der Waals surface area contributed by atoms with Crippen LogP contribution in [-0.2, 0) is 0 Å². The SMILES string of the molecule is Cc1cc(OC/C=C(/F)Br)cc(Cl)c1O. The van der Waals surface area contributed by atoms with Gasteiger partial charge in [-0.1, -0.05) is 11.6 Å². The Morgan fingerprint density at radius 3 is 2.87 bits per heavy atom. The Hall–Kier alpha value is -0.740. The standard InChI is InChI=1S/C10H9BrClFO2/c1-6-4-7(5-8(12)10(6)14)15-3-2-9(11)13/h2,4-5,14H,3H2,1H3/b9-2+. The molecule has 0 saturated heterocycles. The van der Waals surface area contributed by atoms with Gasteiger partial charge in [0.25, 0.3) is 0 Å². The van der Waals surface area contributed by atoms with Crippen LogP contribution < -0.4 is 4.74 Å². The number of phenolic OH excluding ortho intramolecular Hbond substituents is 1. The van der Waals surface area contributed by atoms with E-state index in [0.29, 0.717) is 11.3 Å². The summed E-state index contributed by atoms with van der Waals surface area (Å²) < 4.78 is 17.0. The topological polar surface area (TPSA) is 29.5 Å². The lowest BCUT2D eigenvalue weighted by Gasteiger charge is -2.07. The summed E-state index contributed by atoms with van der Waals surface area (Å²) in [6, 6.07) is 3.10. The number of rotatable bonds is 3. The van der Waals surface area contributed by atoms with Crippen LogP contribution in [0.3, 0.4) is 0 Å². The summed E-state index contributed by atoms with van der Waals surface area (Å²) in [5.41, 5.74) is 0.612. The zero-order valence-corrected chi connectivity index (χ0v) is 10.3. The van der Waals surface area contributed by atoms with Crippen molar-refractivity contribution in [3.8, 4) is 11.5 Å². The Kier molecular flexibility index (Phi) is 4.42. The molecule has 0 amide bonds. The van der Waals surface area contributed by atoms with Gasteiger partial charge in [-0.3, -0.25) is 0 Å². The fraction of sp³-hybridized carbons (Fsp3) is 0.200. The van der Waals surface area contributed by atoms with Crippen LogP contribution in [0.1, 0.15) is 5.56 Å². The van der Waals surface area contributed by atoms with Gasteiger partial charge in [0, 0.05) is 6.07 Å². The average molecular weight is 296 g/mol. The number of hydrogen-bond acceptors (Lipinski definition) is 2. The predicted octanol–water partition coefficient (Wildman–Crippen LogP) is 3.94. The number of halogens is 3. The fourth-order valence-electron chi connectivity index (χ4n) is 0.989. The Morgan fingerprint density at radius 1 is 1.67 bits per heavy atom. The molecule has 0 radical (unpaired) electrons. The van der Waals surface area contributed by atoms with Gasteiger partial charge in [0.15, 0.2) is 4.74 Å². The first-order valence-electron chi connectivity index (χ1n) is 4.13. The Morgan fingerprint density at radius 2 is 2.33 bits per heavy atom. The molecule has 0 heterocycles. The van der Waals surface area contributed by atoms with E-state index in [-0.39, 0.29) is 17.4 Å². The third-order valence-electron chi connectivity index (χ3n) is 1.72. The molecule has 82 valence electrons. The molecule has 5 heteroatoms. The summed E-state index contributed by atoms with van der Waals surface area (Å²) in [5, 5.41) is 9.59. The molecule has 0 aromatic heterocycles. The first-order valence-corrected chi connectivity index (χ1v) is 5.31. The van der Waals surface area contributed by atoms with E-state index in [1.54, 1.807) is 13.0 Å². The number of hydrogen-bond donors (Lipinski definition) is 1. The van der Waals surface area contributed by atoms with Crippen molar-refractivity contribution >= 4 is 27.5 Å². The lowest BCUT2D eigenvalue weighted by molar-refractivity contribution is 0.359. The molecular formula is C10H9BrClFO2. The molecule has 0 spiro atoms. The van der Waals surface area contributed by atoms with Gasteiger partial charge < -0.3 is 9.84 Å². The molecule has 1 aromatic rings. The van der Waals surface area contributed by atoms with E-state index in [2.05, 4.69) is 15.9 Å². The molecule has 0 bridgehead atoms. The highest BCUT2D eigenvalue weighted by molar-refractivity contribution is 9.11. The van der Waals surface area contributed by atoms with Crippen molar-refractivity contribution in [2.75, 3.05) is 6.61 Å². The zero-order valence-electron chi connectivity index (χ0n) is 7.93. The highest BCUT2D eigenvalue weighted by Crippen LogP contribution is 2.31. The number of aryl methyl sites for hydroxylation is 1. The summed E-state index contributed by atoms with van der Waals surface area (Å²) in [6.07, 6.45) is 1.23. The van der Waals surface area contributed by atoms with Crippen LogP contribution >= 0.6 is 27.5 Å². The van der Waals surface area contributed by atoms with Crippen molar-refractivity contribution in [1.29, 1.82) is 0 Å². The van der Waals surface area contributed by atoms with Crippen LogP contribution in [0.15, 0.2) is 22.9 Å². The number of aromatic hydroxyl groups is 1. The van der Waals surface area contributed by atoms with Crippen LogP contribution in [0, 0.1) is 6.92 Å². The van der Waals surface area contributed by atoms with E-state index in [1.165, 1.54) is 12.1 Å². The van der Waals surface area contributed by atoms with E-state index < -0.39 is 4.74 Å². The second kappa shape index (κ2) is 5.37. The van der Waals surface area contributed by atoms with Crippen LogP contribution in [0.2, 0.25) is 5.02 Å². The Bertz CT molecular complexity index is 366. The molecule has 0 aliphatic carbocycles. The molecule has 0 aliphatic heterocycles. The highest BCUT2D eigenvalue weighted by atomic mass is 79.9. The van der Waals surface area contributed by atoms with Crippen molar-refractivity contribution in [2.45, 2.75) is 6.92 Å². The molecule has 0 fully saturated rings. The zero-order chi connectivity index (χ0) is 11.4. The normalized spacial score (nSPS) is 11.6. The van der Waals surface area contributed by atoms with Gasteiger partial charge in [0.05, 0.1) is 5.02 Å². The molecule has 1 aromatic carbocycles. The van der Waals surface area contributed by atoms with Gasteiger partial charge in [0.1, 0.15) is 18.1 Å². The molecule has 1 N–H and O–H groups in total. The highest BCUT2D eigenvalue weighted by Gasteiger charge is 2.05. The largest absolute Gasteiger partial charge is 0.506 e. The molecular weight excluding hydrogens is 286 g/mol. The Balaban J connectivity index is 2.75. The molecule has 0 saturated carbocycles. The van der Waals surface area contributed by atoms with Crippen LogP contribution in [-0.4, -0.2) is 11.7 Å². The molecule has 2 nitrogen and oxygen atoms in total. The number of ether oxygens (including phenoxy) is 1. The minimum Gasteiger partial charge on any atom is -0.506 e. The maximum atomic E-state index is 12.3. The van der Waals surface area contributed by atoms with Crippen LogP contribution in [0.25, 0.3) is 0 Å². The van der Waals surface area contributed by atoms with Gasteiger partial charge in [-0.2, -0.15) is 4.39 Å². The third kappa shape index (κ3) is 3.72. The van der Waals surface area contributed by atoms with E-state index in [4.69, 9.17) is 16.3 Å². The lowest BCUT2D eigenvalue weighted by Crippen LogP contribution is -1.94. The van der Waals surface area contributed by atoms with Gasteiger partial charge in [-0.15, -0.1) is 0 Å². The summed E-state index contributed by atoms with van der Waals surface area (Å²) in [7, 11) is 0. The van der Waals surface area contributed by atoms with E-state index in [1.807, 2.05) is 0 Å². The minimum atomic E-state index is -0.482. The summed E-state index contributed by atoms with van der Waals surface area (Å²) >= 11 is 8.37. The van der Waals surface area contributed by atoms with Gasteiger partial charge in [-0.25, -0.2) is 0 Å². The lowest BCUT2D eigenvalue weighted by atomic mass is 10.2. The van der Waals surface area contributed by atoms with Crippen LogP contribution in [0.4, 0.5) is 4.39 Å². The average Bonchev–Trinajstić information content (AvgIpc) is 2.13. The maximum Gasteiger partial charge on any atom is 0.165 e. The van der Waals surface area contributed by atoms with Crippen molar-refractivity contribution in [2.24, 2.45) is 0 Å². The fourth-order valence-corrected chi connectivity index (χ4v) is 1.38. The first-order chi connectivity index (χ1) is 7.00. The van der Waals surface area contributed by atoms with Crippen molar-refractivity contribution < 1.29 is 14.2 Å². The summed E-state index contributed by atoms with van der Waals surface area (Å²) in [5.74, 6) is 0.520. The molecule has 0 unspecified atom stereocenters. The second-order valence-electron chi connectivity index (χ2n) is 2.88. The van der Waals surface area contributed by atoms with Gasteiger partial charge in [-0.05, 0) is 40.6 Å². The third-order valence-corrected chi connectivity index (χ3v) is 2.33.